The molecule has 1 amide bonds. The van der Waals surface area contributed by atoms with Gasteiger partial charge in [0, 0.05) is 25.3 Å². The molecule has 0 saturated carbocycles. The molecule has 2 aromatic rings. The highest BCUT2D eigenvalue weighted by molar-refractivity contribution is 5.94. The lowest BCUT2D eigenvalue weighted by Crippen LogP contribution is -2.39. The quantitative estimate of drug-likeness (QED) is 0.857. The van der Waals surface area contributed by atoms with E-state index >= 15 is 0 Å². The number of nitrogens with zero attached hydrogens (tertiary/aromatic N) is 3. The molecule has 2 atom stereocenters. The normalized spacial score (nSPS) is 23.8. The highest BCUT2D eigenvalue weighted by Gasteiger charge is 2.31. The van der Waals surface area contributed by atoms with Crippen molar-refractivity contribution in [2.24, 2.45) is 0 Å². The van der Waals surface area contributed by atoms with Gasteiger partial charge in [0.25, 0.3) is 5.91 Å². The Kier molecular flexibility index (Phi) is 4.53. The minimum absolute atomic E-state index is 0.0358. The average molecular weight is 341 g/mol. The van der Waals surface area contributed by atoms with E-state index in [0.717, 1.165) is 50.0 Å². The van der Waals surface area contributed by atoms with E-state index in [4.69, 9.17) is 9.26 Å². The minimum atomic E-state index is -0.0358. The first-order valence-corrected chi connectivity index (χ1v) is 9.02. The van der Waals surface area contributed by atoms with E-state index in [-0.39, 0.29) is 17.9 Å². The van der Waals surface area contributed by atoms with Gasteiger partial charge in [-0.3, -0.25) is 4.79 Å². The molecule has 132 valence electrons. The van der Waals surface area contributed by atoms with Gasteiger partial charge in [-0.15, -0.1) is 0 Å². The van der Waals surface area contributed by atoms with Crippen LogP contribution >= 0.6 is 0 Å². The molecule has 0 spiro atoms. The summed E-state index contributed by atoms with van der Waals surface area (Å²) in [6.07, 6.45) is 3.86. The van der Waals surface area contributed by atoms with Gasteiger partial charge >= 0.3 is 0 Å². The predicted octanol–water partition coefficient (Wildman–Crippen LogP) is 3.25. The highest BCUT2D eigenvalue weighted by atomic mass is 16.5. The smallest absolute Gasteiger partial charge is 0.253 e. The third-order valence-corrected chi connectivity index (χ3v) is 5.03. The first-order chi connectivity index (χ1) is 12.2. The fraction of sp³-hybridized carbons (Fsp3) is 0.526. The molecule has 2 aliphatic heterocycles. The second kappa shape index (κ2) is 6.96. The minimum Gasteiger partial charge on any atom is -0.370 e. The van der Waals surface area contributed by atoms with Gasteiger partial charge in [-0.2, -0.15) is 4.98 Å². The number of rotatable bonds is 3. The number of hydrogen-bond donors (Lipinski definition) is 0. The first-order valence-electron chi connectivity index (χ1n) is 9.02. The Morgan fingerprint density at radius 2 is 2.04 bits per heavy atom. The molecule has 0 aliphatic carbocycles. The molecule has 0 bridgehead atoms. The molecule has 1 aromatic carbocycles. The summed E-state index contributed by atoms with van der Waals surface area (Å²) >= 11 is 0. The zero-order chi connectivity index (χ0) is 17.2. The van der Waals surface area contributed by atoms with Gasteiger partial charge < -0.3 is 14.2 Å². The molecular formula is C19H23N3O3. The monoisotopic (exact) mass is 341 g/mol. The summed E-state index contributed by atoms with van der Waals surface area (Å²) in [5.41, 5.74) is 1.89. The van der Waals surface area contributed by atoms with Crippen LogP contribution in [0.1, 0.15) is 65.3 Å². The Hall–Kier alpha value is -2.21. The van der Waals surface area contributed by atoms with Gasteiger partial charge in [0.1, 0.15) is 6.10 Å². The molecule has 4 rings (SSSR count). The van der Waals surface area contributed by atoms with Crippen LogP contribution in [0.2, 0.25) is 0 Å². The predicted molar refractivity (Wildman–Crippen MR) is 91.3 cm³/mol. The fourth-order valence-electron chi connectivity index (χ4n) is 3.57. The number of hydrogen-bond acceptors (Lipinski definition) is 5. The fourth-order valence-corrected chi connectivity index (χ4v) is 3.57. The lowest BCUT2D eigenvalue weighted by molar-refractivity contribution is 0.0695. The number of aromatic nitrogens is 2. The first kappa shape index (κ1) is 16.3. The number of benzene rings is 1. The maximum Gasteiger partial charge on any atom is 0.253 e. The maximum absolute atomic E-state index is 12.7. The summed E-state index contributed by atoms with van der Waals surface area (Å²) in [5.74, 6) is 1.45. The van der Waals surface area contributed by atoms with E-state index in [1.165, 1.54) is 0 Å². The van der Waals surface area contributed by atoms with Crippen LogP contribution in [0.15, 0.2) is 28.8 Å². The number of carbonyl (C=O) groups excluding carboxylic acids is 1. The number of amides is 1. The van der Waals surface area contributed by atoms with Crippen molar-refractivity contribution in [3.63, 3.8) is 0 Å². The Morgan fingerprint density at radius 1 is 1.20 bits per heavy atom. The van der Waals surface area contributed by atoms with Gasteiger partial charge in [0.05, 0.1) is 5.92 Å². The van der Waals surface area contributed by atoms with Crippen molar-refractivity contribution in [3.05, 3.63) is 47.1 Å². The van der Waals surface area contributed by atoms with Crippen molar-refractivity contribution >= 4 is 5.91 Å². The summed E-state index contributed by atoms with van der Waals surface area (Å²) in [5, 5.41) is 4.10. The Balaban J connectivity index is 1.45. The molecule has 0 N–H and O–H groups in total. The summed E-state index contributed by atoms with van der Waals surface area (Å²) in [6, 6.07) is 7.73. The average Bonchev–Trinajstić information content (AvgIpc) is 3.33. The SMILES string of the molecule is Cc1ccc(C(=O)N2CCCC(c3nc(C4CCCO4)no3)C2)cc1. The Bertz CT molecular complexity index is 735. The van der Waals surface area contributed by atoms with Gasteiger partial charge in [-0.05, 0) is 44.7 Å². The van der Waals surface area contributed by atoms with Crippen molar-refractivity contribution < 1.29 is 14.1 Å². The van der Waals surface area contributed by atoms with Crippen molar-refractivity contribution in [1.82, 2.24) is 15.0 Å². The van der Waals surface area contributed by atoms with Gasteiger partial charge in [0.2, 0.25) is 11.7 Å². The van der Waals surface area contributed by atoms with Crippen molar-refractivity contribution in [1.29, 1.82) is 0 Å². The van der Waals surface area contributed by atoms with Crippen LogP contribution in [0, 0.1) is 6.92 Å². The van der Waals surface area contributed by atoms with Crippen LogP contribution in [-0.4, -0.2) is 40.6 Å². The lowest BCUT2D eigenvalue weighted by Gasteiger charge is -2.31. The summed E-state index contributed by atoms with van der Waals surface area (Å²) in [7, 11) is 0. The Morgan fingerprint density at radius 3 is 2.80 bits per heavy atom. The highest BCUT2D eigenvalue weighted by Crippen LogP contribution is 2.30. The topological polar surface area (TPSA) is 68.5 Å². The summed E-state index contributed by atoms with van der Waals surface area (Å²) in [4.78, 5) is 19.2. The largest absolute Gasteiger partial charge is 0.370 e. The molecule has 1 aromatic heterocycles. The molecule has 25 heavy (non-hydrogen) atoms. The maximum atomic E-state index is 12.7. The van der Waals surface area contributed by atoms with Crippen molar-refractivity contribution in [2.75, 3.05) is 19.7 Å². The number of aryl methyl sites for hydroxylation is 1. The summed E-state index contributed by atoms with van der Waals surface area (Å²) in [6.45, 7) is 4.18. The number of carbonyl (C=O) groups is 1. The molecule has 2 fully saturated rings. The molecule has 6 heteroatoms. The third kappa shape index (κ3) is 3.44. The second-order valence-corrected chi connectivity index (χ2v) is 6.95. The van der Waals surface area contributed by atoms with E-state index in [1.807, 2.05) is 36.1 Å². The van der Waals surface area contributed by atoms with Crippen molar-refractivity contribution in [3.8, 4) is 0 Å². The van der Waals surface area contributed by atoms with Gasteiger partial charge in [0.15, 0.2) is 0 Å². The second-order valence-electron chi connectivity index (χ2n) is 6.95. The zero-order valence-electron chi connectivity index (χ0n) is 14.5. The molecular weight excluding hydrogens is 318 g/mol. The van der Waals surface area contributed by atoms with E-state index in [0.29, 0.717) is 18.3 Å². The van der Waals surface area contributed by atoms with Gasteiger partial charge in [-0.25, -0.2) is 0 Å². The molecule has 2 aliphatic rings. The van der Waals surface area contributed by atoms with Crippen LogP contribution < -0.4 is 0 Å². The van der Waals surface area contributed by atoms with Crippen LogP contribution in [0.25, 0.3) is 0 Å². The molecule has 2 unspecified atom stereocenters. The third-order valence-electron chi connectivity index (χ3n) is 5.03. The van der Waals surface area contributed by atoms with E-state index in [9.17, 15) is 4.79 Å². The Labute approximate surface area is 147 Å². The van der Waals surface area contributed by atoms with E-state index < -0.39 is 0 Å². The van der Waals surface area contributed by atoms with Crippen LogP contribution in [0.4, 0.5) is 0 Å². The number of likely N-dealkylation sites (tertiary alicyclic amines) is 1. The molecule has 2 saturated heterocycles. The van der Waals surface area contributed by atoms with E-state index in [2.05, 4.69) is 10.1 Å². The van der Waals surface area contributed by atoms with Crippen LogP contribution in [-0.2, 0) is 4.74 Å². The standard InChI is InChI=1S/C19H23N3O3/c1-13-6-8-14(9-7-13)19(23)22-10-2-4-15(12-22)18-20-17(21-25-18)16-5-3-11-24-16/h6-9,15-16H,2-5,10-12H2,1H3. The number of piperidine rings is 1. The molecule has 3 heterocycles. The van der Waals surface area contributed by atoms with Gasteiger partial charge in [-0.1, -0.05) is 22.9 Å². The molecule has 0 radical (unpaired) electrons. The zero-order valence-corrected chi connectivity index (χ0v) is 14.5. The van der Waals surface area contributed by atoms with Crippen LogP contribution in [0.5, 0.6) is 0 Å². The molecule has 6 nitrogen and oxygen atoms in total. The number of ether oxygens (including phenoxy) is 1. The van der Waals surface area contributed by atoms with E-state index in [1.54, 1.807) is 0 Å². The summed E-state index contributed by atoms with van der Waals surface area (Å²) < 4.78 is 11.1. The van der Waals surface area contributed by atoms with Crippen LogP contribution in [0.3, 0.4) is 0 Å². The van der Waals surface area contributed by atoms with Crippen molar-refractivity contribution in [2.45, 2.75) is 44.6 Å². The lowest BCUT2D eigenvalue weighted by atomic mass is 9.97.